The highest BCUT2D eigenvalue weighted by molar-refractivity contribution is 6.63. The summed E-state index contributed by atoms with van der Waals surface area (Å²) in [6.45, 7) is 0. The number of nitrogens with two attached hydrogens (primary N) is 1. The van der Waals surface area contributed by atoms with E-state index in [2.05, 4.69) is 0 Å². The first-order chi connectivity index (χ1) is 5.68. The molecule has 0 radical (unpaired) electrons. The number of hydrogen-bond acceptors (Lipinski definition) is 2. The minimum Gasteiger partial charge on any atom is -0.399 e. The van der Waals surface area contributed by atoms with Crippen LogP contribution in [0.4, 0.5) is 5.69 Å². The maximum Gasteiger partial charge on any atom is 0.221 e. The van der Waals surface area contributed by atoms with Crippen molar-refractivity contribution in [3.8, 4) is 0 Å². The molecule has 1 aromatic carbocycles. The Kier molecular flexibility index (Phi) is 3.11. The van der Waals surface area contributed by atoms with Crippen LogP contribution >= 0.6 is 11.6 Å². The Morgan fingerprint density at radius 3 is 2.42 bits per heavy atom. The van der Waals surface area contributed by atoms with Crippen LogP contribution in [0.5, 0.6) is 0 Å². The SMILES string of the molecule is Nc1ccc(CCC(=O)Cl)cc1. The van der Waals surface area contributed by atoms with Crippen LogP contribution in [0.3, 0.4) is 0 Å². The molecule has 2 N–H and O–H groups in total. The maximum absolute atomic E-state index is 10.4. The van der Waals surface area contributed by atoms with Crippen LogP contribution in [0.2, 0.25) is 0 Å². The van der Waals surface area contributed by atoms with Gasteiger partial charge < -0.3 is 5.73 Å². The van der Waals surface area contributed by atoms with E-state index in [-0.39, 0.29) is 5.24 Å². The number of nitrogen functional groups attached to an aromatic ring is 1. The zero-order chi connectivity index (χ0) is 8.97. The number of anilines is 1. The van der Waals surface area contributed by atoms with Gasteiger partial charge in [-0.2, -0.15) is 0 Å². The van der Waals surface area contributed by atoms with Gasteiger partial charge in [0.15, 0.2) is 0 Å². The molecule has 0 saturated heterocycles. The predicted molar refractivity (Wildman–Crippen MR) is 50.0 cm³/mol. The second kappa shape index (κ2) is 4.12. The lowest BCUT2D eigenvalue weighted by Crippen LogP contribution is -1.92. The highest BCUT2D eigenvalue weighted by Crippen LogP contribution is 2.08. The van der Waals surface area contributed by atoms with Crippen molar-refractivity contribution >= 4 is 22.5 Å². The van der Waals surface area contributed by atoms with Crippen LogP contribution in [0, 0.1) is 0 Å². The molecule has 2 nitrogen and oxygen atoms in total. The first kappa shape index (κ1) is 9.07. The molecule has 0 saturated carbocycles. The van der Waals surface area contributed by atoms with Crippen LogP contribution in [0.1, 0.15) is 12.0 Å². The number of hydrogen-bond donors (Lipinski definition) is 1. The normalized spacial score (nSPS) is 9.75. The summed E-state index contributed by atoms with van der Waals surface area (Å²) in [5.74, 6) is 0. The van der Waals surface area contributed by atoms with Crippen LogP contribution in [-0.4, -0.2) is 5.24 Å². The van der Waals surface area contributed by atoms with Gasteiger partial charge in [0.25, 0.3) is 0 Å². The third kappa shape index (κ3) is 2.93. The van der Waals surface area contributed by atoms with Crippen LogP contribution in [-0.2, 0) is 11.2 Å². The van der Waals surface area contributed by atoms with Gasteiger partial charge in [0.1, 0.15) is 0 Å². The van der Waals surface area contributed by atoms with Gasteiger partial charge in [-0.25, -0.2) is 0 Å². The van der Waals surface area contributed by atoms with Crippen molar-refractivity contribution in [3.05, 3.63) is 29.8 Å². The summed E-state index contributed by atoms with van der Waals surface area (Å²) in [6.07, 6.45) is 1.06. The predicted octanol–water partition coefficient (Wildman–Crippen LogP) is 1.97. The lowest BCUT2D eigenvalue weighted by molar-refractivity contribution is -0.111. The van der Waals surface area contributed by atoms with Crippen molar-refractivity contribution in [2.75, 3.05) is 5.73 Å². The van der Waals surface area contributed by atoms with Gasteiger partial charge in [-0.05, 0) is 35.7 Å². The smallest absolute Gasteiger partial charge is 0.221 e. The molecule has 0 aliphatic heterocycles. The van der Waals surface area contributed by atoms with Gasteiger partial charge in [0.2, 0.25) is 5.24 Å². The standard InChI is InChI=1S/C9H10ClNO/c10-9(12)6-3-7-1-4-8(11)5-2-7/h1-2,4-5H,3,6,11H2. The molecule has 1 aromatic rings. The van der Waals surface area contributed by atoms with Gasteiger partial charge in [-0.15, -0.1) is 0 Å². The van der Waals surface area contributed by atoms with E-state index in [9.17, 15) is 4.79 Å². The summed E-state index contributed by atoms with van der Waals surface area (Å²) in [6, 6.07) is 7.42. The van der Waals surface area contributed by atoms with E-state index in [0.717, 1.165) is 11.3 Å². The van der Waals surface area contributed by atoms with Crippen molar-refractivity contribution in [2.45, 2.75) is 12.8 Å². The van der Waals surface area contributed by atoms with Crippen molar-refractivity contribution in [3.63, 3.8) is 0 Å². The fraction of sp³-hybridized carbons (Fsp3) is 0.222. The second-order valence-electron chi connectivity index (χ2n) is 2.60. The number of benzene rings is 1. The average molecular weight is 184 g/mol. The minimum absolute atomic E-state index is 0.299. The zero-order valence-electron chi connectivity index (χ0n) is 6.59. The molecule has 64 valence electrons. The molecule has 12 heavy (non-hydrogen) atoms. The Hall–Kier alpha value is -1.02. The Morgan fingerprint density at radius 1 is 1.33 bits per heavy atom. The number of carbonyl (C=O) groups is 1. The largest absolute Gasteiger partial charge is 0.399 e. The molecule has 0 atom stereocenters. The Balaban J connectivity index is 2.53. The van der Waals surface area contributed by atoms with Crippen LogP contribution in [0.15, 0.2) is 24.3 Å². The second-order valence-corrected chi connectivity index (χ2v) is 3.02. The molecule has 0 spiro atoms. The van der Waals surface area contributed by atoms with E-state index in [1.54, 1.807) is 0 Å². The molecule has 0 bridgehead atoms. The summed E-state index contributed by atoms with van der Waals surface area (Å²) in [7, 11) is 0. The molecule has 0 heterocycles. The third-order valence-electron chi connectivity index (χ3n) is 1.59. The highest BCUT2D eigenvalue weighted by atomic mass is 35.5. The van der Waals surface area contributed by atoms with Crippen LogP contribution in [0.25, 0.3) is 0 Å². The third-order valence-corrected chi connectivity index (χ3v) is 1.78. The van der Waals surface area contributed by atoms with Gasteiger partial charge in [-0.3, -0.25) is 4.79 Å². The van der Waals surface area contributed by atoms with E-state index >= 15 is 0 Å². The molecule has 0 aliphatic rings. The van der Waals surface area contributed by atoms with E-state index in [0.29, 0.717) is 12.8 Å². The minimum atomic E-state index is -0.299. The monoisotopic (exact) mass is 183 g/mol. The maximum atomic E-state index is 10.4. The Bertz CT molecular complexity index is 268. The fourth-order valence-corrected chi connectivity index (χ4v) is 1.02. The lowest BCUT2D eigenvalue weighted by Gasteiger charge is -1.98. The molecule has 1 rings (SSSR count). The zero-order valence-corrected chi connectivity index (χ0v) is 7.34. The molecule has 3 heteroatoms. The van der Waals surface area contributed by atoms with Crippen molar-refractivity contribution in [2.24, 2.45) is 0 Å². The Morgan fingerprint density at radius 2 is 1.92 bits per heavy atom. The van der Waals surface area contributed by atoms with Gasteiger partial charge in [-0.1, -0.05) is 12.1 Å². The first-order valence-electron chi connectivity index (χ1n) is 3.71. The van der Waals surface area contributed by atoms with Crippen LogP contribution < -0.4 is 5.73 Å². The molecule has 0 unspecified atom stereocenters. The molecule has 0 fully saturated rings. The molecular formula is C9H10ClNO. The lowest BCUT2D eigenvalue weighted by atomic mass is 10.1. The molecule has 0 amide bonds. The van der Waals surface area contributed by atoms with E-state index < -0.39 is 0 Å². The number of aryl methyl sites for hydroxylation is 1. The number of carbonyl (C=O) groups excluding carboxylic acids is 1. The van der Waals surface area contributed by atoms with Crippen molar-refractivity contribution in [1.29, 1.82) is 0 Å². The topological polar surface area (TPSA) is 43.1 Å². The molecule has 0 aromatic heterocycles. The number of halogens is 1. The summed E-state index contributed by atoms with van der Waals surface area (Å²) < 4.78 is 0. The van der Waals surface area contributed by atoms with Gasteiger partial charge in [0.05, 0.1) is 0 Å². The van der Waals surface area contributed by atoms with E-state index in [1.165, 1.54) is 0 Å². The number of rotatable bonds is 3. The highest BCUT2D eigenvalue weighted by Gasteiger charge is 1.97. The first-order valence-corrected chi connectivity index (χ1v) is 4.09. The fourth-order valence-electron chi connectivity index (χ4n) is 0.927. The summed E-state index contributed by atoms with van der Waals surface area (Å²) in [5, 5.41) is -0.299. The van der Waals surface area contributed by atoms with E-state index in [4.69, 9.17) is 17.3 Å². The average Bonchev–Trinajstić information content (AvgIpc) is 2.03. The van der Waals surface area contributed by atoms with Crippen molar-refractivity contribution in [1.82, 2.24) is 0 Å². The molecular weight excluding hydrogens is 174 g/mol. The van der Waals surface area contributed by atoms with E-state index in [1.807, 2.05) is 24.3 Å². The quantitative estimate of drug-likeness (QED) is 0.575. The summed E-state index contributed by atoms with van der Waals surface area (Å²) in [5.41, 5.74) is 7.30. The van der Waals surface area contributed by atoms with Gasteiger partial charge in [0, 0.05) is 12.1 Å². The van der Waals surface area contributed by atoms with Gasteiger partial charge >= 0.3 is 0 Å². The molecule has 0 aliphatic carbocycles. The summed E-state index contributed by atoms with van der Waals surface area (Å²) >= 11 is 5.20. The van der Waals surface area contributed by atoms with Crippen molar-refractivity contribution < 1.29 is 4.79 Å². The summed E-state index contributed by atoms with van der Waals surface area (Å²) in [4.78, 5) is 10.4. The Labute approximate surface area is 76.3 Å².